The highest BCUT2D eigenvalue weighted by Crippen LogP contribution is 2.32. The first-order valence-corrected chi connectivity index (χ1v) is 8.09. The van der Waals surface area contributed by atoms with Gasteiger partial charge in [0.25, 0.3) is 15.9 Å². The lowest BCUT2D eigenvalue weighted by Crippen LogP contribution is -2.14. The Morgan fingerprint density at radius 1 is 1.23 bits per heavy atom. The Kier molecular flexibility index (Phi) is 4.28. The van der Waals surface area contributed by atoms with Gasteiger partial charge in [-0.1, -0.05) is 23.2 Å². The second-order valence-electron chi connectivity index (χ2n) is 4.50. The number of aryl methyl sites for hydroxylation is 1. The van der Waals surface area contributed by atoms with Crippen LogP contribution in [0.2, 0.25) is 10.0 Å². The smallest absolute Gasteiger partial charge is 0.265 e. The Morgan fingerprint density at radius 2 is 1.77 bits per heavy atom. The van der Waals surface area contributed by atoms with Crippen LogP contribution in [-0.4, -0.2) is 18.9 Å². The van der Waals surface area contributed by atoms with Gasteiger partial charge in [-0.2, -0.15) is 0 Å². The molecule has 0 fully saturated rings. The highest BCUT2D eigenvalue weighted by atomic mass is 35.5. The number of amides is 1. The number of anilines is 2. The highest BCUT2D eigenvalue weighted by Gasteiger charge is 2.20. The van der Waals surface area contributed by atoms with Crippen molar-refractivity contribution in [1.82, 2.24) is 4.57 Å². The standard InChI is InChI=1S/C12H12Cl2N4O3S/c1-18-5-7(4-10(18)12(16)19)22(20,21)17-6-2-8(13)11(15)9(14)3-6/h2-5,17H,15H2,1H3,(H2,16,19). The first kappa shape index (κ1) is 16.5. The molecule has 0 atom stereocenters. The Bertz CT molecular complexity index is 838. The molecule has 1 aromatic carbocycles. The van der Waals surface area contributed by atoms with E-state index in [1.54, 1.807) is 0 Å². The Balaban J connectivity index is 2.40. The van der Waals surface area contributed by atoms with Gasteiger partial charge in [0, 0.05) is 13.2 Å². The predicted molar refractivity (Wildman–Crippen MR) is 85.6 cm³/mol. The largest absolute Gasteiger partial charge is 0.396 e. The summed E-state index contributed by atoms with van der Waals surface area (Å²) in [6.45, 7) is 0. The number of nitrogens with two attached hydrogens (primary N) is 2. The van der Waals surface area contributed by atoms with Crippen molar-refractivity contribution in [3.8, 4) is 0 Å². The first-order chi connectivity index (χ1) is 10.1. The van der Waals surface area contributed by atoms with Crippen LogP contribution in [-0.2, 0) is 17.1 Å². The van der Waals surface area contributed by atoms with E-state index in [1.165, 1.54) is 36.0 Å². The lowest BCUT2D eigenvalue weighted by Gasteiger charge is -2.09. The molecule has 2 aromatic rings. The highest BCUT2D eigenvalue weighted by molar-refractivity contribution is 7.92. The maximum atomic E-state index is 12.3. The summed E-state index contributed by atoms with van der Waals surface area (Å²) in [6.07, 6.45) is 1.27. The van der Waals surface area contributed by atoms with Gasteiger partial charge < -0.3 is 16.0 Å². The summed E-state index contributed by atoms with van der Waals surface area (Å²) in [7, 11) is -2.42. The van der Waals surface area contributed by atoms with E-state index in [-0.39, 0.29) is 32.0 Å². The van der Waals surface area contributed by atoms with Crippen LogP contribution in [0.1, 0.15) is 10.5 Å². The number of hydrogen-bond acceptors (Lipinski definition) is 4. The van der Waals surface area contributed by atoms with Crippen molar-refractivity contribution in [2.24, 2.45) is 12.8 Å². The molecule has 5 N–H and O–H groups in total. The molecule has 118 valence electrons. The molecule has 0 spiro atoms. The third-order valence-electron chi connectivity index (χ3n) is 2.87. The van der Waals surface area contributed by atoms with Crippen LogP contribution in [0.5, 0.6) is 0 Å². The van der Waals surface area contributed by atoms with E-state index in [2.05, 4.69) is 4.72 Å². The number of sulfonamides is 1. The molecule has 0 bridgehead atoms. The zero-order valence-corrected chi connectivity index (χ0v) is 13.6. The summed E-state index contributed by atoms with van der Waals surface area (Å²) in [5.74, 6) is -0.734. The number of carbonyl (C=O) groups excluding carboxylic acids is 1. The van der Waals surface area contributed by atoms with Gasteiger partial charge in [0.1, 0.15) is 10.6 Å². The van der Waals surface area contributed by atoms with Crippen molar-refractivity contribution in [3.05, 3.63) is 40.1 Å². The predicted octanol–water partition coefficient (Wildman–Crippen LogP) is 1.81. The van der Waals surface area contributed by atoms with E-state index < -0.39 is 15.9 Å². The number of rotatable bonds is 4. The molecular formula is C12H12Cl2N4O3S. The van der Waals surface area contributed by atoms with Crippen LogP contribution in [0.15, 0.2) is 29.3 Å². The van der Waals surface area contributed by atoms with Gasteiger partial charge in [0.15, 0.2) is 0 Å². The number of primary amides is 1. The van der Waals surface area contributed by atoms with Gasteiger partial charge in [-0.15, -0.1) is 0 Å². The number of aromatic nitrogens is 1. The summed E-state index contributed by atoms with van der Waals surface area (Å²) in [6, 6.07) is 3.84. The number of benzene rings is 1. The molecule has 0 radical (unpaired) electrons. The molecule has 1 aromatic heterocycles. The maximum absolute atomic E-state index is 12.3. The zero-order valence-electron chi connectivity index (χ0n) is 11.3. The summed E-state index contributed by atoms with van der Waals surface area (Å²) in [4.78, 5) is 11.1. The fourth-order valence-corrected chi connectivity index (χ4v) is 3.38. The van der Waals surface area contributed by atoms with Crippen LogP contribution >= 0.6 is 23.2 Å². The van der Waals surface area contributed by atoms with E-state index in [0.717, 1.165) is 0 Å². The van der Waals surface area contributed by atoms with Crippen LogP contribution < -0.4 is 16.2 Å². The fourth-order valence-electron chi connectivity index (χ4n) is 1.78. The Labute approximate surface area is 136 Å². The average Bonchev–Trinajstić information content (AvgIpc) is 2.78. The van der Waals surface area contributed by atoms with Gasteiger partial charge >= 0.3 is 0 Å². The minimum Gasteiger partial charge on any atom is -0.396 e. The molecule has 0 aliphatic heterocycles. The second-order valence-corrected chi connectivity index (χ2v) is 6.99. The average molecular weight is 363 g/mol. The van der Waals surface area contributed by atoms with Gasteiger partial charge in [-0.3, -0.25) is 9.52 Å². The third kappa shape index (κ3) is 3.13. The number of halogens is 2. The molecule has 2 rings (SSSR count). The summed E-state index contributed by atoms with van der Waals surface area (Å²) >= 11 is 11.7. The van der Waals surface area contributed by atoms with Crippen LogP contribution in [0, 0.1) is 0 Å². The molecule has 22 heavy (non-hydrogen) atoms. The van der Waals surface area contributed by atoms with Gasteiger partial charge in [0.05, 0.1) is 21.4 Å². The SMILES string of the molecule is Cn1cc(S(=O)(=O)Nc2cc(Cl)c(N)c(Cl)c2)cc1C(N)=O. The van der Waals surface area contributed by atoms with Crippen molar-refractivity contribution in [1.29, 1.82) is 0 Å². The van der Waals surface area contributed by atoms with Crippen molar-refractivity contribution in [3.63, 3.8) is 0 Å². The minimum atomic E-state index is -3.93. The van der Waals surface area contributed by atoms with E-state index in [4.69, 9.17) is 34.7 Å². The van der Waals surface area contributed by atoms with Crippen LogP contribution in [0.4, 0.5) is 11.4 Å². The number of carbonyl (C=O) groups is 1. The molecule has 0 unspecified atom stereocenters. The van der Waals surface area contributed by atoms with Gasteiger partial charge in [0.2, 0.25) is 0 Å². The van der Waals surface area contributed by atoms with E-state index in [9.17, 15) is 13.2 Å². The lowest BCUT2D eigenvalue weighted by atomic mass is 10.3. The van der Waals surface area contributed by atoms with E-state index >= 15 is 0 Å². The number of nitrogens with one attached hydrogen (secondary N) is 1. The Morgan fingerprint density at radius 3 is 2.23 bits per heavy atom. The third-order valence-corrected chi connectivity index (χ3v) is 4.85. The lowest BCUT2D eigenvalue weighted by molar-refractivity contribution is 0.0992. The van der Waals surface area contributed by atoms with E-state index in [1.807, 2.05) is 0 Å². The quantitative estimate of drug-likeness (QED) is 0.718. The summed E-state index contributed by atoms with van der Waals surface area (Å²) in [5.41, 5.74) is 11.1. The zero-order chi connectivity index (χ0) is 16.7. The number of nitrogen functional groups attached to an aromatic ring is 1. The fraction of sp³-hybridized carbons (Fsp3) is 0.0833. The van der Waals surface area contributed by atoms with Crippen molar-refractivity contribution in [2.45, 2.75) is 4.90 Å². The summed E-state index contributed by atoms with van der Waals surface area (Å²) < 4.78 is 28.2. The van der Waals surface area contributed by atoms with Crippen molar-refractivity contribution in [2.75, 3.05) is 10.5 Å². The molecule has 0 aliphatic rings. The first-order valence-electron chi connectivity index (χ1n) is 5.85. The molecule has 1 heterocycles. The maximum Gasteiger partial charge on any atom is 0.265 e. The molecule has 0 aliphatic carbocycles. The molecule has 0 saturated carbocycles. The van der Waals surface area contributed by atoms with Gasteiger partial charge in [-0.05, 0) is 18.2 Å². The molecule has 1 amide bonds. The van der Waals surface area contributed by atoms with Crippen molar-refractivity contribution < 1.29 is 13.2 Å². The van der Waals surface area contributed by atoms with Crippen molar-refractivity contribution >= 4 is 50.5 Å². The van der Waals surface area contributed by atoms with E-state index in [0.29, 0.717) is 0 Å². The number of hydrogen-bond donors (Lipinski definition) is 3. The molecule has 7 nitrogen and oxygen atoms in total. The summed E-state index contributed by atoms with van der Waals surface area (Å²) in [5, 5.41) is 0.243. The normalized spacial score (nSPS) is 11.4. The second kappa shape index (κ2) is 5.71. The molecular weight excluding hydrogens is 351 g/mol. The van der Waals surface area contributed by atoms with Gasteiger partial charge in [-0.25, -0.2) is 8.42 Å². The Hall–Kier alpha value is -1.90. The molecule has 0 saturated heterocycles. The monoisotopic (exact) mass is 362 g/mol. The minimum absolute atomic E-state index is 0.0637. The molecule has 10 heteroatoms. The number of nitrogens with zero attached hydrogens (tertiary/aromatic N) is 1. The van der Waals surface area contributed by atoms with Crippen LogP contribution in [0.25, 0.3) is 0 Å². The topological polar surface area (TPSA) is 120 Å². The van der Waals surface area contributed by atoms with Crippen LogP contribution in [0.3, 0.4) is 0 Å².